The van der Waals surface area contributed by atoms with Gasteiger partial charge >= 0.3 is 6.18 Å². The zero-order valence-corrected chi connectivity index (χ0v) is 19.0. The monoisotopic (exact) mass is 503 g/mol. The van der Waals surface area contributed by atoms with Crippen molar-refractivity contribution in [3.8, 4) is 11.5 Å². The fourth-order valence-electron chi connectivity index (χ4n) is 3.30. The van der Waals surface area contributed by atoms with E-state index in [4.69, 9.17) is 16.0 Å². The lowest BCUT2D eigenvalue weighted by molar-refractivity contribution is -0.143. The molecule has 0 spiro atoms. The van der Waals surface area contributed by atoms with Crippen molar-refractivity contribution in [1.29, 1.82) is 0 Å². The number of amides is 1. The number of anilines is 1. The van der Waals surface area contributed by atoms with Gasteiger partial charge in [-0.1, -0.05) is 31.5 Å². The number of nitrogens with one attached hydrogen (secondary N) is 1. The number of hydrogen-bond donors (Lipinski definition) is 1. The Morgan fingerprint density at radius 3 is 2.51 bits per heavy atom. The lowest BCUT2D eigenvalue weighted by Gasteiger charge is -2.13. The third kappa shape index (κ3) is 4.60. The molecular weight excluding hydrogens is 487 g/mol. The number of benzene rings is 1. The molecule has 1 N–H and O–H groups in total. The molecule has 1 amide bonds. The maximum absolute atomic E-state index is 14.0. The molecule has 4 aromatic heterocycles. The minimum atomic E-state index is -4.87. The van der Waals surface area contributed by atoms with Crippen molar-refractivity contribution in [3.63, 3.8) is 0 Å². The quantitative estimate of drug-likeness (QED) is 0.345. The van der Waals surface area contributed by atoms with Gasteiger partial charge in [-0.2, -0.15) is 28.5 Å². The van der Waals surface area contributed by atoms with Crippen molar-refractivity contribution >= 4 is 34.2 Å². The SMILES string of the molecule is CC.O=C(Nc1cnc(-n2nccn2)c(Cl)c1)c1cnn(-c2cccc3occc23)c1C(F)(F)F. The van der Waals surface area contributed by atoms with E-state index in [1.807, 2.05) is 13.8 Å². The minimum absolute atomic E-state index is 0.0821. The van der Waals surface area contributed by atoms with E-state index in [2.05, 4.69) is 25.6 Å². The topological polar surface area (TPSA) is 104 Å². The van der Waals surface area contributed by atoms with E-state index >= 15 is 0 Å². The molecule has 0 saturated carbocycles. The molecule has 0 bridgehead atoms. The molecule has 5 aromatic rings. The predicted molar refractivity (Wildman–Crippen MR) is 122 cm³/mol. The smallest absolute Gasteiger partial charge is 0.434 e. The second-order valence-electron chi connectivity index (χ2n) is 6.73. The fraction of sp³-hybridized carbons (Fsp3) is 0.136. The number of alkyl halides is 3. The summed E-state index contributed by atoms with van der Waals surface area (Å²) in [5.74, 6) is -0.840. The summed E-state index contributed by atoms with van der Waals surface area (Å²) in [6.07, 6.45) is 1.42. The van der Waals surface area contributed by atoms with Crippen LogP contribution in [0.15, 0.2) is 65.8 Å². The highest BCUT2D eigenvalue weighted by atomic mass is 35.5. The first-order valence-corrected chi connectivity index (χ1v) is 10.7. The van der Waals surface area contributed by atoms with E-state index < -0.39 is 23.3 Å². The molecule has 0 aliphatic carbocycles. The van der Waals surface area contributed by atoms with Gasteiger partial charge in [0.15, 0.2) is 11.5 Å². The van der Waals surface area contributed by atoms with Crippen molar-refractivity contribution in [2.24, 2.45) is 0 Å². The van der Waals surface area contributed by atoms with Crippen LogP contribution in [0.1, 0.15) is 29.9 Å². The van der Waals surface area contributed by atoms with Crippen LogP contribution >= 0.6 is 11.6 Å². The Morgan fingerprint density at radius 1 is 1.09 bits per heavy atom. The number of pyridine rings is 1. The van der Waals surface area contributed by atoms with E-state index in [1.54, 1.807) is 6.07 Å². The second-order valence-corrected chi connectivity index (χ2v) is 7.14. The van der Waals surface area contributed by atoms with Gasteiger partial charge in [0.05, 0.1) is 53.0 Å². The molecule has 0 unspecified atom stereocenters. The Kier molecular flexibility index (Phi) is 6.56. The molecule has 0 aliphatic heterocycles. The van der Waals surface area contributed by atoms with Crippen molar-refractivity contribution in [2.45, 2.75) is 20.0 Å². The summed E-state index contributed by atoms with van der Waals surface area (Å²) in [7, 11) is 0. The number of hydrogen-bond acceptors (Lipinski definition) is 6. The third-order valence-corrected chi connectivity index (χ3v) is 4.95. The number of rotatable bonds is 4. The number of carbonyl (C=O) groups is 1. The van der Waals surface area contributed by atoms with E-state index in [-0.39, 0.29) is 22.2 Å². The lowest BCUT2D eigenvalue weighted by Crippen LogP contribution is -2.21. The van der Waals surface area contributed by atoms with Gasteiger partial charge in [0.1, 0.15) is 5.58 Å². The van der Waals surface area contributed by atoms with E-state index in [1.165, 1.54) is 49.1 Å². The summed E-state index contributed by atoms with van der Waals surface area (Å²) in [5.41, 5.74) is -1.32. The molecule has 1 aromatic carbocycles. The van der Waals surface area contributed by atoms with Crippen LogP contribution in [0.25, 0.3) is 22.5 Å². The summed E-state index contributed by atoms with van der Waals surface area (Å²) in [6, 6.07) is 7.45. The van der Waals surface area contributed by atoms with Gasteiger partial charge in [-0.3, -0.25) is 4.79 Å². The molecule has 13 heteroatoms. The first kappa shape index (κ1) is 24.0. The number of nitrogens with zero attached hydrogens (tertiary/aromatic N) is 6. The number of carbonyl (C=O) groups excluding carboxylic acids is 1. The Bertz CT molecular complexity index is 1480. The Balaban J connectivity index is 0.00000141. The molecule has 0 radical (unpaired) electrons. The zero-order chi connectivity index (χ0) is 25.2. The predicted octanol–water partition coefficient (Wildman–Crippen LogP) is 5.54. The van der Waals surface area contributed by atoms with E-state index in [9.17, 15) is 18.0 Å². The van der Waals surface area contributed by atoms with Gasteiger partial charge in [0, 0.05) is 5.39 Å². The van der Waals surface area contributed by atoms with Crippen molar-refractivity contribution in [3.05, 3.63) is 77.7 Å². The van der Waals surface area contributed by atoms with Gasteiger partial charge < -0.3 is 9.73 Å². The van der Waals surface area contributed by atoms with Crippen LogP contribution < -0.4 is 5.32 Å². The van der Waals surface area contributed by atoms with Crippen LogP contribution in [0.5, 0.6) is 0 Å². The molecule has 0 atom stereocenters. The number of aromatic nitrogens is 6. The van der Waals surface area contributed by atoms with E-state index in [0.717, 1.165) is 11.0 Å². The maximum atomic E-state index is 14.0. The first-order valence-electron chi connectivity index (χ1n) is 10.3. The summed E-state index contributed by atoms with van der Waals surface area (Å²) in [4.78, 5) is 18.0. The highest BCUT2D eigenvalue weighted by Crippen LogP contribution is 2.36. The molecule has 0 aliphatic rings. The van der Waals surface area contributed by atoms with Crippen LogP contribution in [0.4, 0.5) is 18.9 Å². The van der Waals surface area contributed by atoms with Crippen LogP contribution in [0, 0.1) is 0 Å². The Morgan fingerprint density at radius 2 is 1.83 bits per heavy atom. The van der Waals surface area contributed by atoms with Crippen molar-refractivity contribution in [1.82, 2.24) is 29.8 Å². The largest absolute Gasteiger partial charge is 0.464 e. The van der Waals surface area contributed by atoms with Gasteiger partial charge in [-0.25, -0.2) is 9.67 Å². The number of fused-ring (bicyclic) bond motifs is 1. The van der Waals surface area contributed by atoms with Gasteiger partial charge in [0.2, 0.25) is 0 Å². The Hall–Kier alpha value is -4.19. The molecule has 9 nitrogen and oxygen atoms in total. The number of furan rings is 1. The summed E-state index contributed by atoms with van der Waals surface area (Å²) in [5, 5.41) is 14.5. The molecular formula is C22H17ClF3N7O2. The normalized spacial score (nSPS) is 11.3. The van der Waals surface area contributed by atoms with Crippen LogP contribution in [0.3, 0.4) is 0 Å². The van der Waals surface area contributed by atoms with Crippen molar-refractivity contribution < 1.29 is 22.4 Å². The molecule has 0 fully saturated rings. The third-order valence-electron chi connectivity index (χ3n) is 4.67. The zero-order valence-electron chi connectivity index (χ0n) is 18.3. The summed E-state index contributed by atoms with van der Waals surface area (Å²) < 4.78 is 48.0. The van der Waals surface area contributed by atoms with Gasteiger partial charge in [-0.05, 0) is 24.3 Å². The molecule has 180 valence electrons. The minimum Gasteiger partial charge on any atom is -0.464 e. The van der Waals surface area contributed by atoms with Gasteiger partial charge in [-0.15, -0.1) is 4.80 Å². The lowest BCUT2D eigenvalue weighted by atomic mass is 10.2. The molecule has 5 rings (SSSR count). The average molecular weight is 504 g/mol. The highest BCUT2D eigenvalue weighted by molar-refractivity contribution is 6.32. The second kappa shape index (κ2) is 9.58. The first-order chi connectivity index (χ1) is 16.8. The standard InChI is InChI=1S/C20H11ClF3N7O2.C2H6/c21-14-8-11(9-25-18(14)31-26-5-6-27-31)29-19(32)13-10-28-30(17(13)20(22,23)24)15-2-1-3-16-12(15)4-7-33-16;1-2/h1-10H,(H,29,32);1-2H3. The average Bonchev–Trinajstić information content (AvgIpc) is 3.60. The van der Waals surface area contributed by atoms with E-state index in [0.29, 0.717) is 15.7 Å². The number of halogens is 4. The van der Waals surface area contributed by atoms with Crippen LogP contribution in [-0.2, 0) is 6.18 Å². The van der Waals surface area contributed by atoms with Gasteiger partial charge in [0.25, 0.3) is 5.91 Å². The highest BCUT2D eigenvalue weighted by Gasteiger charge is 2.41. The summed E-state index contributed by atoms with van der Waals surface area (Å²) >= 11 is 6.16. The Labute approximate surface area is 201 Å². The summed E-state index contributed by atoms with van der Waals surface area (Å²) in [6.45, 7) is 4.00. The van der Waals surface area contributed by atoms with Crippen molar-refractivity contribution in [2.75, 3.05) is 5.32 Å². The molecule has 35 heavy (non-hydrogen) atoms. The van der Waals surface area contributed by atoms with Crippen LogP contribution in [-0.4, -0.2) is 35.7 Å². The van der Waals surface area contributed by atoms with Crippen LogP contribution in [0.2, 0.25) is 5.02 Å². The fourth-order valence-corrected chi connectivity index (χ4v) is 3.54. The molecule has 0 saturated heterocycles. The molecule has 4 heterocycles. The maximum Gasteiger partial charge on any atom is 0.434 e.